The van der Waals surface area contributed by atoms with E-state index in [1.54, 1.807) is 0 Å². The summed E-state index contributed by atoms with van der Waals surface area (Å²) in [5, 5.41) is 2.99. The number of nitrogens with one attached hydrogen (secondary N) is 1. The van der Waals surface area contributed by atoms with Crippen molar-refractivity contribution in [1.82, 2.24) is 5.32 Å². The van der Waals surface area contributed by atoms with Crippen LogP contribution in [0.5, 0.6) is 0 Å². The fourth-order valence-corrected chi connectivity index (χ4v) is 3.15. The first kappa shape index (κ1) is 15.1. The van der Waals surface area contributed by atoms with Crippen LogP contribution in [-0.4, -0.2) is 24.4 Å². The Morgan fingerprint density at radius 3 is 2.77 bits per heavy atom. The highest BCUT2D eigenvalue weighted by atomic mass is 16.2. The molecule has 1 aromatic rings. The van der Waals surface area contributed by atoms with Crippen LogP contribution in [0.1, 0.15) is 51.5 Å². The Balaban J connectivity index is 1.65. The van der Waals surface area contributed by atoms with Crippen LogP contribution >= 0.6 is 0 Å². The second-order valence-electron chi connectivity index (χ2n) is 7.07. The zero-order valence-electron chi connectivity index (χ0n) is 13.4. The fraction of sp³-hybridized carbons (Fsp3) is 0.556. The maximum absolute atomic E-state index is 12.5. The highest BCUT2D eigenvalue weighted by Crippen LogP contribution is 2.39. The maximum Gasteiger partial charge on any atom is 0.227 e. The minimum atomic E-state index is -0.118. The lowest BCUT2D eigenvalue weighted by atomic mass is 9.77. The molecule has 2 amide bonds. The van der Waals surface area contributed by atoms with E-state index in [1.807, 2.05) is 23.1 Å². The van der Waals surface area contributed by atoms with Gasteiger partial charge in [-0.1, -0.05) is 32.0 Å². The molecule has 1 saturated carbocycles. The summed E-state index contributed by atoms with van der Waals surface area (Å²) < 4.78 is 0. The van der Waals surface area contributed by atoms with Crippen molar-refractivity contribution < 1.29 is 9.59 Å². The van der Waals surface area contributed by atoms with Gasteiger partial charge in [-0.25, -0.2) is 0 Å². The molecule has 1 fully saturated rings. The molecular formula is C18H24N2O2. The number of carbonyl (C=O) groups is 2. The third-order valence-corrected chi connectivity index (χ3v) is 4.55. The molecule has 22 heavy (non-hydrogen) atoms. The minimum Gasteiger partial charge on any atom is -0.353 e. The van der Waals surface area contributed by atoms with Gasteiger partial charge in [-0.2, -0.15) is 0 Å². The first-order valence-electron chi connectivity index (χ1n) is 8.16. The van der Waals surface area contributed by atoms with Gasteiger partial charge in [0.2, 0.25) is 11.8 Å². The van der Waals surface area contributed by atoms with Crippen molar-refractivity contribution in [3.05, 3.63) is 29.8 Å². The first-order valence-corrected chi connectivity index (χ1v) is 8.16. The molecule has 1 N–H and O–H groups in total. The van der Waals surface area contributed by atoms with E-state index >= 15 is 0 Å². The number of hydrogen-bond donors (Lipinski definition) is 1. The van der Waals surface area contributed by atoms with E-state index in [4.69, 9.17) is 0 Å². The zero-order chi connectivity index (χ0) is 15.7. The van der Waals surface area contributed by atoms with Crippen LogP contribution in [0.25, 0.3) is 0 Å². The summed E-state index contributed by atoms with van der Waals surface area (Å²) in [5.74, 6) is 0.270. The predicted molar refractivity (Wildman–Crippen MR) is 86.8 cm³/mol. The number of rotatable bonds is 5. The smallest absolute Gasteiger partial charge is 0.227 e. The zero-order valence-corrected chi connectivity index (χ0v) is 13.4. The van der Waals surface area contributed by atoms with E-state index in [1.165, 1.54) is 5.56 Å². The van der Waals surface area contributed by atoms with Gasteiger partial charge >= 0.3 is 0 Å². The second-order valence-corrected chi connectivity index (χ2v) is 7.07. The molecule has 1 aliphatic carbocycles. The van der Waals surface area contributed by atoms with Crippen molar-refractivity contribution >= 4 is 17.5 Å². The summed E-state index contributed by atoms with van der Waals surface area (Å²) in [6.07, 6.45) is 3.95. The maximum atomic E-state index is 12.5. The van der Waals surface area contributed by atoms with Gasteiger partial charge in [-0.15, -0.1) is 0 Å². The molecule has 1 aromatic carbocycles. The SMILES string of the molecule is CC1(C)CC(=O)N(CCCC(=O)NC2CC2)c2ccccc21. The van der Waals surface area contributed by atoms with Crippen molar-refractivity contribution in [2.75, 3.05) is 11.4 Å². The van der Waals surface area contributed by atoms with Gasteiger partial charge < -0.3 is 10.2 Å². The summed E-state index contributed by atoms with van der Waals surface area (Å²) in [5.41, 5.74) is 2.11. The Bertz CT molecular complexity index is 591. The van der Waals surface area contributed by atoms with E-state index < -0.39 is 0 Å². The predicted octanol–water partition coefficient (Wildman–Crippen LogP) is 2.76. The normalized spacial score (nSPS) is 19.7. The Kier molecular flexibility index (Phi) is 3.94. The second kappa shape index (κ2) is 5.75. The molecule has 4 heteroatoms. The van der Waals surface area contributed by atoms with Crippen LogP contribution < -0.4 is 10.2 Å². The average molecular weight is 300 g/mol. The van der Waals surface area contributed by atoms with Crippen molar-refractivity contribution in [1.29, 1.82) is 0 Å². The molecule has 2 aliphatic rings. The third-order valence-electron chi connectivity index (χ3n) is 4.55. The number of carbonyl (C=O) groups excluding carboxylic acids is 2. The Morgan fingerprint density at radius 1 is 1.32 bits per heavy atom. The van der Waals surface area contributed by atoms with Crippen LogP contribution in [0.2, 0.25) is 0 Å². The quantitative estimate of drug-likeness (QED) is 0.909. The van der Waals surface area contributed by atoms with Crippen molar-refractivity contribution in [2.45, 2.75) is 57.4 Å². The van der Waals surface area contributed by atoms with Crippen molar-refractivity contribution in [2.24, 2.45) is 0 Å². The molecule has 0 unspecified atom stereocenters. The number of amides is 2. The number of anilines is 1. The van der Waals surface area contributed by atoms with Crippen LogP contribution in [-0.2, 0) is 15.0 Å². The van der Waals surface area contributed by atoms with Gasteiger partial charge in [0.25, 0.3) is 0 Å². The summed E-state index contributed by atoms with van der Waals surface area (Å²) >= 11 is 0. The molecule has 0 saturated heterocycles. The minimum absolute atomic E-state index is 0.112. The molecule has 0 bridgehead atoms. The Hall–Kier alpha value is -1.84. The molecule has 0 aromatic heterocycles. The van der Waals surface area contributed by atoms with Crippen LogP contribution in [0, 0.1) is 0 Å². The number of fused-ring (bicyclic) bond motifs is 1. The first-order chi connectivity index (χ1) is 10.5. The molecule has 0 spiro atoms. The lowest BCUT2D eigenvalue weighted by Gasteiger charge is -2.38. The summed E-state index contributed by atoms with van der Waals surface area (Å²) in [6, 6.07) is 8.52. The highest BCUT2D eigenvalue weighted by molar-refractivity contribution is 5.97. The Labute approximate surface area is 131 Å². The molecule has 4 nitrogen and oxygen atoms in total. The Morgan fingerprint density at radius 2 is 2.05 bits per heavy atom. The van der Waals surface area contributed by atoms with E-state index in [0.717, 1.165) is 18.5 Å². The van der Waals surface area contributed by atoms with Crippen LogP contribution in [0.15, 0.2) is 24.3 Å². The topological polar surface area (TPSA) is 49.4 Å². The standard InChI is InChI=1S/C18H24N2O2/c1-18(2)12-17(22)20(15-7-4-3-6-14(15)18)11-5-8-16(21)19-13-9-10-13/h3-4,6-7,13H,5,8-12H2,1-2H3,(H,19,21). The molecule has 1 heterocycles. The van der Waals surface area contributed by atoms with Crippen LogP contribution in [0.3, 0.4) is 0 Å². The van der Waals surface area contributed by atoms with Crippen molar-refractivity contribution in [3.63, 3.8) is 0 Å². The number of hydrogen-bond acceptors (Lipinski definition) is 2. The van der Waals surface area contributed by atoms with E-state index in [2.05, 4.69) is 25.2 Å². The molecule has 1 aliphatic heterocycles. The lowest BCUT2D eigenvalue weighted by Crippen LogP contribution is -2.42. The number of nitrogens with zero attached hydrogens (tertiary/aromatic N) is 1. The van der Waals surface area contributed by atoms with Crippen molar-refractivity contribution in [3.8, 4) is 0 Å². The van der Waals surface area contributed by atoms with Gasteiger partial charge in [-0.3, -0.25) is 9.59 Å². The van der Waals surface area contributed by atoms with Gasteiger partial charge in [0.05, 0.1) is 0 Å². The largest absolute Gasteiger partial charge is 0.353 e. The third kappa shape index (κ3) is 3.16. The fourth-order valence-electron chi connectivity index (χ4n) is 3.15. The van der Waals surface area contributed by atoms with Gasteiger partial charge in [0, 0.05) is 36.5 Å². The summed E-state index contributed by atoms with van der Waals surface area (Å²) in [4.78, 5) is 26.1. The van der Waals surface area contributed by atoms with Crippen LogP contribution in [0.4, 0.5) is 5.69 Å². The highest BCUT2D eigenvalue weighted by Gasteiger charge is 2.36. The number of benzene rings is 1. The van der Waals surface area contributed by atoms with Gasteiger partial charge in [-0.05, 0) is 30.9 Å². The average Bonchev–Trinajstić information content (AvgIpc) is 3.26. The number of para-hydroxylation sites is 1. The lowest BCUT2D eigenvalue weighted by molar-refractivity contribution is -0.122. The van der Waals surface area contributed by atoms with Gasteiger partial charge in [0.15, 0.2) is 0 Å². The summed E-state index contributed by atoms with van der Waals surface area (Å²) in [7, 11) is 0. The summed E-state index contributed by atoms with van der Waals surface area (Å²) in [6.45, 7) is 4.85. The van der Waals surface area contributed by atoms with Gasteiger partial charge in [0.1, 0.15) is 0 Å². The molecule has 0 atom stereocenters. The molecule has 118 valence electrons. The molecule has 3 rings (SSSR count). The van der Waals surface area contributed by atoms with E-state index in [0.29, 0.717) is 31.8 Å². The monoisotopic (exact) mass is 300 g/mol. The van der Waals surface area contributed by atoms with E-state index in [-0.39, 0.29) is 17.2 Å². The molecule has 0 radical (unpaired) electrons. The molecular weight excluding hydrogens is 276 g/mol. The van der Waals surface area contributed by atoms with E-state index in [9.17, 15) is 9.59 Å².